The SMILES string of the molecule is COc1ccc(CCN(C)c2ncnc3c2[nH]c2ccc(C)cc23)cc1OC. The van der Waals surface area contributed by atoms with E-state index in [1.165, 1.54) is 11.1 Å². The van der Waals surface area contributed by atoms with Crippen molar-refractivity contribution in [3.05, 3.63) is 53.9 Å². The minimum atomic E-state index is 0.741. The highest BCUT2D eigenvalue weighted by Crippen LogP contribution is 2.30. The molecule has 0 saturated carbocycles. The van der Waals surface area contributed by atoms with Gasteiger partial charge in [-0.15, -0.1) is 0 Å². The first-order valence-electron chi connectivity index (χ1n) is 9.26. The van der Waals surface area contributed by atoms with Crippen molar-refractivity contribution in [1.82, 2.24) is 15.0 Å². The van der Waals surface area contributed by atoms with Crippen LogP contribution in [0.4, 0.5) is 5.82 Å². The lowest BCUT2D eigenvalue weighted by Gasteiger charge is -2.19. The number of rotatable bonds is 6. The molecule has 4 rings (SSSR count). The Bertz CT molecular complexity index is 1140. The topological polar surface area (TPSA) is 63.3 Å². The number of aromatic nitrogens is 3. The molecule has 0 bridgehead atoms. The maximum atomic E-state index is 5.41. The summed E-state index contributed by atoms with van der Waals surface area (Å²) < 4.78 is 10.7. The molecule has 0 radical (unpaired) electrons. The van der Waals surface area contributed by atoms with Gasteiger partial charge in [0.2, 0.25) is 0 Å². The average Bonchev–Trinajstić information content (AvgIpc) is 3.09. The van der Waals surface area contributed by atoms with Gasteiger partial charge in [0, 0.05) is 24.5 Å². The zero-order chi connectivity index (χ0) is 19.7. The summed E-state index contributed by atoms with van der Waals surface area (Å²) >= 11 is 0. The predicted octanol–water partition coefficient (Wildman–Crippen LogP) is 4.12. The molecule has 0 aliphatic heterocycles. The molecule has 0 fully saturated rings. The fraction of sp³-hybridized carbons (Fsp3) is 0.273. The number of ether oxygens (including phenoxy) is 2. The van der Waals surface area contributed by atoms with Gasteiger partial charge in [0.25, 0.3) is 0 Å². The van der Waals surface area contributed by atoms with Crippen LogP contribution in [0.1, 0.15) is 11.1 Å². The van der Waals surface area contributed by atoms with Crippen molar-refractivity contribution >= 4 is 27.8 Å². The van der Waals surface area contributed by atoms with Gasteiger partial charge < -0.3 is 19.4 Å². The van der Waals surface area contributed by atoms with Crippen molar-refractivity contribution in [2.75, 3.05) is 32.7 Å². The molecule has 0 aliphatic carbocycles. The Balaban J connectivity index is 1.61. The third kappa shape index (κ3) is 3.22. The molecule has 2 aromatic carbocycles. The molecule has 1 N–H and O–H groups in total. The van der Waals surface area contributed by atoms with Gasteiger partial charge in [0.05, 0.1) is 14.2 Å². The second-order valence-electron chi connectivity index (χ2n) is 6.96. The zero-order valence-electron chi connectivity index (χ0n) is 16.6. The highest BCUT2D eigenvalue weighted by Gasteiger charge is 2.14. The van der Waals surface area contributed by atoms with E-state index in [0.717, 1.165) is 52.2 Å². The molecule has 4 aromatic rings. The summed E-state index contributed by atoms with van der Waals surface area (Å²) in [7, 11) is 5.36. The first-order chi connectivity index (χ1) is 13.6. The van der Waals surface area contributed by atoms with Gasteiger partial charge >= 0.3 is 0 Å². The normalized spacial score (nSPS) is 11.1. The molecule has 0 aliphatic rings. The number of aryl methyl sites for hydroxylation is 1. The molecule has 2 heterocycles. The molecule has 6 nitrogen and oxygen atoms in total. The van der Waals surface area contributed by atoms with Gasteiger partial charge in [-0.25, -0.2) is 9.97 Å². The zero-order valence-corrected chi connectivity index (χ0v) is 16.6. The van der Waals surface area contributed by atoms with Crippen molar-refractivity contribution in [3.8, 4) is 11.5 Å². The third-order valence-electron chi connectivity index (χ3n) is 5.06. The number of hydrogen-bond donors (Lipinski definition) is 1. The standard InChI is InChI=1S/C22H24N4O2/c1-14-5-7-17-16(11-14)20-21(25-17)22(24-13-23-20)26(2)10-9-15-6-8-18(27-3)19(12-15)28-4/h5-8,11-13,25H,9-10H2,1-4H3. The Hall–Kier alpha value is -3.28. The van der Waals surface area contributed by atoms with Gasteiger partial charge in [-0.3, -0.25) is 0 Å². The van der Waals surface area contributed by atoms with Gasteiger partial charge in [-0.05, 0) is 43.2 Å². The van der Waals surface area contributed by atoms with Gasteiger partial charge in [0.15, 0.2) is 17.3 Å². The number of nitrogens with zero attached hydrogens (tertiary/aromatic N) is 3. The molecule has 28 heavy (non-hydrogen) atoms. The number of likely N-dealkylation sites (N-methyl/N-ethyl adjacent to an activating group) is 1. The summed E-state index contributed by atoms with van der Waals surface area (Å²) in [6, 6.07) is 12.4. The van der Waals surface area contributed by atoms with Gasteiger partial charge in [-0.2, -0.15) is 0 Å². The first-order valence-corrected chi connectivity index (χ1v) is 9.26. The maximum absolute atomic E-state index is 5.41. The Kier molecular flexibility index (Phi) is 4.77. The second kappa shape index (κ2) is 7.38. The summed E-state index contributed by atoms with van der Waals surface area (Å²) in [5.41, 5.74) is 5.41. The number of nitrogens with one attached hydrogen (secondary N) is 1. The molecule has 0 atom stereocenters. The van der Waals surface area contributed by atoms with Gasteiger partial charge in [0.1, 0.15) is 17.4 Å². The van der Waals surface area contributed by atoms with Crippen LogP contribution in [0.3, 0.4) is 0 Å². The second-order valence-corrected chi connectivity index (χ2v) is 6.96. The minimum absolute atomic E-state index is 0.741. The van der Waals surface area contributed by atoms with Crippen LogP contribution in [-0.2, 0) is 6.42 Å². The van der Waals surface area contributed by atoms with E-state index in [9.17, 15) is 0 Å². The molecule has 0 unspecified atom stereocenters. The van der Waals surface area contributed by atoms with Crippen molar-refractivity contribution in [3.63, 3.8) is 0 Å². The summed E-state index contributed by atoms with van der Waals surface area (Å²) in [4.78, 5) is 14.7. The van der Waals surface area contributed by atoms with Crippen LogP contribution in [0.2, 0.25) is 0 Å². The van der Waals surface area contributed by atoms with E-state index in [4.69, 9.17) is 9.47 Å². The first kappa shape index (κ1) is 18.1. The Morgan fingerprint density at radius 2 is 1.82 bits per heavy atom. The van der Waals surface area contributed by atoms with E-state index in [2.05, 4.69) is 58.1 Å². The molecular weight excluding hydrogens is 352 g/mol. The van der Waals surface area contributed by atoms with Crippen LogP contribution in [-0.4, -0.2) is 42.8 Å². The highest BCUT2D eigenvalue weighted by atomic mass is 16.5. The summed E-state index contributed by atoms with van der Waals surface area (Å²) in [5.74, 6) is 2.39. The third-order valence-corrected chi connectivity index (χ3v) is 5.06. The predicted molar refractivity (Wildman–Crippen MR) is 113 cm³/mol. The summed E-state index contributed by atoms with van der Waals surface area (Å²) in [6.07, 6.45) is 2.50. The molecule has 0 spiro atoms. The number of methoxy groups -OCH3 is 2. The van der Waals surface area contributed by atoms with E-state index in [1.54, 1.807) is 20.5 Å². The number of hydrogen-bond acceptors (Lipinski definition) is 5. The number of aromatic amines is 1. The number of H-pyrrole nitrogens is 1. The molecule has 0 saturated heterocycles. The van der Waals surface area contributed by atoms with Crippen LogP contribution in [0, 0.1) is 6.92 Å². The number of fused-ring (bicyclic) bond motifs is 3. The van der Waals surface area contributed by atoms with E-state index in [0.29, 0.717) is 0 Å². The van der Waals surface area contributed by atoms with Crippen molar-refractivity contribution < 1.29 is 9.47 Å². The van der Waals surface area contributed by atoms with Crippen molar-refractivity contribution in [2.24, 2.45) is 0 Å². The quantitative estimate of drug-likeness (QED) is 0.548. The van der Waals surface area contributed by atoms with Crippen molar-refractivity contribution in [1.29, 1.82) is 0 Å². The molecule has 2 aromatic heterocycles. The lowest BCUT2D eigenvalue weighted by molar-refractivity contribution is 0.354. The average molecular weight is 376 g/mol. The molecule has 0 amide bonds. The lowest BCUT2D eigenvalue weighted by Crippen LogP contribution is -2.21. The minimum Gasteiger partial charge on any atom is -0.493 e. The Morgan fingerprint density at radius 3 is 2.61 bits per heavy atom. The smallest absolute Gasteiger partial charge is 0.160 e. The molecular formula is C22H24N4O2. The van der Waals surface area contributed by atoms with Crippen LogP contribution in [0.15, 0.2) is 42.7 Å². The Morgan fingerprint density at radius 1 is 1.00 bits per heavy atom. The van der Waals surface area contributed by atoms with E-state index in [-0.39, 0.29) is 0 Å². The lowest BCUT2D eigenvalue weighted by atomic mass is 10.1. The van der Waals surface area contributed by atoms with E-state index < -0.39 is 0 Å². The molecule has 6 heteroatoms. The highest BCUT2D eigenvalue weighted by molar-refractivity contribution is 6.08. The van der Waals surface area contributed by atoms with E-state index in [1.807, 2.05) is 12.1 Å². The van der Waals surface area contributed by atoms with Crippen LogP contribution < -0.4 is 14.4 Å². The van der Waals surface area contributed by atoms with Crippen molar-refractivity contribution in [2.45, 2.75) is 13.3 Å². The van der Waals surface area contributed by atoms with E-state index >= 15 is 0 Å². The summed E-state index contributed by atoms with van der Waals surface area (Å²) in [5, 5.41) is 1.13. The monoisotopic (exact) mass is 376 g/mol. The Labute approximate surface area is 164 Å². The number of anilines is 1. The van der Waals surface area contributed by atoms with Crippen LogP contribution in [0.25, 0.3) is 21.9 Å². The summed E-state index contributed by atoms with van der Waals surface area (Å²) in [6.45, 7) is 2.91. The fourth-order valence-electron chi connectivity index (χ4n) is 3.52. The van der Waals surface area contributed by atoms with Gasteiger partial charge in [-0.1, -0.05) is 17.7 Å². The number of benzene rings is 2. The van der Waals surface area contributed by atoms with Crippen LogP contribution >= 0.6 is 0 Å². The largest absolute Gasteiger partial charge is 0.493 e. The van der Waals surface area contributed by atoms with Crippen LogP contribution in [0.5, 0.6) is 11.5 Å². The molecule has 144 valence electrons. The maximum Gasteiger partial charge on any atom is 0.160 e. The fourth-order valence-corrected chi connectivity index (χ4v) is 3.52.